The van der Waals surface area contributed by atoms with Crippen LogP contribution in [-0.2, 0) is 42.7 Å². The predicted octanol–water partition coefficient (Wildman–Crippen LogP) is 17.4. The van der Waals surface area contributed by atoms with Crippen LogP contribution in [0, 0.1) is 12.9 Å². The number of imidazole rings is 1. The molecule has 0 saturated carbocycles. The average Bonchev–Trinajstić information content (AvgIpc) is 3.72. The molecule has 0 fully saturated rings. The third-order valence-corrected chi connectivity index (χ3v) is 13.4. The summed E-state index contributed by atoms with van der Waals surface area (Å²) in [6.07, 6.45) is 1.86. The van der Waals surface area contributed by atoms with Crippen molar-refractivity contribution in [3.63, 3.8) is 0 Å². The zero-order valence-electron chi connectivity index (χ0n) is 45.6. The number of phenolic OH excluding ortho intramolecular Hbond substituents is 1. The number of hydrogen-bond donors (Lipinski definition) is 1. The molecule has 2 heterocycles. The molecule has 9 rings (SSSR count). The molecule has 0 atom stereocenters. The van der Waals surface area contributed by atoms with Crippen molar-refractivity contribution in [2.24, 2.45) is 0 Å². The van der Waals surface area contributed by atoms with Gasteiger partial charge in [-0.15, -0.1) is 29.3 Å². The van der Waals surface area contributed by atoms with E-state index in [1.807, 2.05) is 85.1 Å². The number of aromatic hydroxyl groups is 1. The van der Waals surface area contributed by atoms with Gasteiger partial charge in [0.2, 0.25) is 0 Å². The number of benzene rings is 7. The summed E-state index contributed by atoms with van der Waals surface area (Å²) in [5.74, 6) is 0.626. The second-order valence-corrected chi connectivity index (χ2v) is 22.7. The van der Waals surface area contributed by atoms with Gasteiger partial charge in [0.05, 0.1) is 22.3 Å². The summed E-state index contributed by atoms with van der Waals surface area (Å²) in [6.45, 7) is 23.6. The number of pyridine rings is 1. The number of para-hydroxylation sites is 1. The Morgan fingerprint density at radius 3 is 1.71 bits per heavy atom. The van der Waals surface area contributed by atoms with Crippen LogP contribution in [0.4, 0.5) is 0 Å². The molecular weight excluding hydrogens is 1030 g/mol. The first-order valence-corrected chi connectivity index (χ1v) is 24.1. The second-order valence-electron chi connectivity index (χ2n) is 22.7. The number of phenols is 1. The van der Waals surface area contributed by atoms with Gasteiger partial charge in [0.15, 0.2) is 0 Å². The van der Waals surface area contributed by atoms with E-state index in [9.17, 15) is 5.11 Å². The molecule has 0 aliphatic carbocycles. The van der Waals surface area contributed by atoms with Crippen LogP contribution in [0.3, 0.4) is 0 Å². The molecule has 0 amide bonds. The standard InChI is InChI=1S/C65H66N3O.Pt/c1-41-33-58(53(43-23-18-15-19-24-43)40-52(41)44-27-29-48(30-28-44)62(2,3)4)68-57-26-20-25-51(59(57)67-61(68)54-38-50(64(8,9)10)39-55(60(54)69)65(11,12)13)46-34-47(36-49(35-46)63(5,6)7)56-37-45(31-32-66-56)42-21-16-14-17-22-42;/h14-33,35-40,69H,1-13H3;/q-1;/i1D3;. The number of aryl methyl sites for hydroxylation is 1. The van der Waals surface area contributed by atoms with Gasteiger partial charge in [0.1, 0.15) is 11.6 Å². The van der Waals surface area contributed by atoms with Crippen LogP contribution in [0.25, 0.3) is 83.9 Å². The minimum Gasteiger partial charge on any atom is -0.507 e. The van der Waals surface area contributed by atoms with E-state index in [0.717, 1.165) is 78.0 Å². The van der Waals surface area contributed by atoms with E-state index in [0.29, 0.717) is 28.2 Å². The Balaban J connectivity index is 0.00000711. The second kappa shape index (κ2) is 18.8. The third kappa shape index (κ3) is 9.86. The minimum atomic E-state index is -2.50. The van der Waals surface area contributed by atoms with Crippen molar-refractivity contribution in [2.45, 2.75) is 112 Å². The summed E-state index contributed by atoms with van der Waals surface area (Å²) < 4.78 is 29.5. The van der Waals surface area contributed by atoms with Crippen molar-refractivity contribution in [1.82, 2.24) is 14.5 Å². The van der Waals surface area contributed by atoms with Crippen LogP contribution < -0.4 is 0 Å². The van der Waals surface area contributed by atoms with E-state index < -0.39 is 12.3 Å². The number of fused-ring (bicyclic) bond motifs is 1. The van der Waals surface area contributed by atoms with Gasteiger partial charge in [-0.2, -0.15) is 0 Å². The molecule has 0 radical (unpaired) electrons. The Kier molecular flexibility index (Phi) is 12.3. The normalized spacial score (nSPS) is 13.1. The number of hydrogen-bond acceptors (Lipinski definition) is 3. The molecule has 0 saturated heterocycles. The third-order valence-electron chi connectivity index (χ3n) is 13.4. The smallest absolute Gasteiger partial charge is 0.148 e. The first-order chi connectivity index (χ1) is 33.8. The van der Waals surface area contributed by atoms with Gasteiger partial charge in [-0.05, 0) is 103 Å². The Labute approximate surface area is 435 Å². The summed E-state index contributed by atoms with van der Waals surface area (Å²) in [7, 11) is 0. The summed E-state index contributed by atoms with van der Waals surface area (Å²) in [6, 6.07) is 55.3. The van der Waals surface area contributed by atoms with Crippen LogP contribution in [0.2, 0.25) is 0 Å². The fourth-order valence-corrected chi connectivity index (χ4v) is 9.24. The number of nitrogens with zero attached hydrogens (tertiary/aromatic N) is 3. The first-order valence-electron chi connectivity index (χ1n) is 25.6. The van der Waals surface area contributed by atoms with Crippen LogP contribution in [0.1, 0.15) is 115 Å². The predicted molar refractivity (Wildman–Crippen MR) is 292 cm³/mol. The zero-order chi connectivity index (χ0) is 51.7. The first kappa shape index (κ1) is 46.1. The van der Waals surface area contributed by atoms with Crippen LogP contribution in [-0.4, -0.2) is 19.6 Å². The van der Waals surface area contributed by atoms with Gasteiger partial charge < -0.3 is 5.11 Å². The Hall–Kier alpha value is -6.35. The van der Waals surface area contributed by atoms with E-state index in [1.165, 1.54) is 0 Å². The van der Waals surface area contributed by atoms with E-state index >= 15 is 0 Å². The summed E-state index contributed by atoms with van der Waals surface area (Å²) >= 11 is 0. The van der Waals surface area contributed by atoms with Crippen molar-refractivity contribution >= 4 is 11.0 Å². The van der Waals surface area contributed by atoms with Gasteiger partial charge in [-0.3, -0.25) is 9.55 Å². The SMILES string of the molecule is [2H]C([2H])([2H])c1cc(-n2c(-c3cc(C(C)(C)C)cc(C(C)(C)C)c3O)nc3c(-c4[c-]c(-c5cc(-c6ccccc6)ccn5)cc(C(C)(C)C)c4)cccc32)c(-c2ccccc2)cc1-c1ccc(C(C)(C)C)cc1.[Pt]. The van der Waals surface area contributed by atoms with Crippen molar-refractivity contribution in [1.29, 1.82) is 0 Å². The molecule has 0 bridgehead atoms. The maximum Gasteiger partial charge on any atom is 0.148 e. The molecule has 7 aromatic carbocycles. The summed E-state index contributed by atoms with van der Waals surface area (Å²) in [5.41, 5.74) is 14.6. The van der Waals surface area contributed by atoms with Gasteiger partial charge in [0, 0.05) is 48.2 Å². The molecular formula is C65H66N3OPt-. The quantitative estimate of drug-likeness (QED) is 0.162. The maximum atomic E-state index is 12.7. The molecule has 358 valence electrons. The van der Waals surface area contributed by atoms with Crippen molar-refractivity contribution < 1.29 is 30.3 Å². The van der Waals surface area contributed by atoms with Crippen molar-refractivity contribution in [3.8, 4) is 78.6 Å². The van der Waals surface area contributed by atoms with Gasteiger partial charge in [-0.25, -0.2) is 4.98 Å². The summed E-state index contributed by atoms with van der Waals surface area (Å²) in [5, 5.41) is 12.7. The van der Waals surface area contributed by atoms with Crippen molar-refractivity contribution in [2.75, 3.05) is 0 Å². The average molecular weight is 1100 g/mol. The molecule has 2 aromatic heterocycles. The van der Waals surface area contributed by atoms with E-state index in [2.05, 4.69) is 167 Å². The Bertz CT molecular complexity index is 3470. The van der Waals surface area contributed by atoms with Crippen molar-refractivity contribution in [3.05, 3.63) is 192 Å². The van der Waals surface area contributed by atoms with Crippen LogP contribution in [0.15, 0.2) is 158 Å². The fourth-order valence-electron chi connectivity index (χ4n) is 9.24. The molecule has 0 unspecified atom stereocenters. The number of aromatic nitrogens is 3. The van der Waals surface area contributed by atoms with Gasteiger partial charge in [-0.1, -0.05) is 203 Å². The van der Waals surface area contributed by atoms with Crippen LogP contribution in [0.5, 0.6) is 5.75 Å². The maximum absolute atomic E-state index is 12.7. The Morgan fingerprint density at radius 2 is 1.10 bits per heavy atom. The van der Waals surface area contributed by atoms with E-state index in [1.54, 1.807) is 0 Å². The molecule has 0 aliphatic rings. The van der Waals surface area contributed by atoms with E-state index in [-0.39, 0.29) is 48.6 Å². The largest absolute Gasteiger partial charge is 0.507 e. The Morgan fingerprint density at radius 1 is 0.500 bits per heavy atom. The fraction of sp³-hybridized carbons (Fsp3) is 0.262. The monoisotopic (exact) mass is 1100 g/mol. The summed E-state index contributed by atoms with van der Waals surface area (Å²) in [4.78, 5) is 10.6. The van der Waals surface area contributed by atoms with Gasteiger partial charge >= 0.3 is 0 Å². The van der Waals surface area contributed by atoms with E-state index in [4.69, 9.17) is 14.1 Å². The molecule has 1 N–H and O–H groups in total. The molecule has 0 spiro atoms. The molecule has 0 aliphatic heterocycles. The topological polar surface area (TPSA) is 50.9 Å². The molecule has 70 heavy (non-hydrogen) atoms. The minimum absolute atomic E-state index is 0. The molecule has 4 nitrogen and oxygen atoms in total. The number of rotatable bonds is 7. The zero-order valence-corrected chi connectivity index (χ0v) is 44.9. The molecule has 9 aromatic rings. The van der Waals surface area contributed by atoms with Crippen LogP contribution >= 0.6 is 0 Å². The van der Waals surface area contributed by atoms with Gasteiger partial charge in [0.25, 0.3) is 0 Å². The molecule has 5 heteroatoms.